The number of hydrogen-bond acceptors (Lipinski definition) is 1. The molecule has 0 saturated heterocycles. The van der Waals surface area contributed by atoms with E-state index in [1.807, 2.05) is 7.05 Å². The van der Waals surface area contributed by atoms with Crippen molar-refractivity contribution in [2.45, 2.75) is 12.8 Å². The molecule has 0 rings (SSSR count). The summed E-state index contributed by atoms with van der Waals surface area (Å²) < 4.78 is 0. The molecule has 0 saturated carbocycles. The predicted octanol–water partition coefficient (Wildman–Crippen LogP) is 0.172. The Morgan fingerprint density at radius 3 is 2.29 bits per heavy atom. The first-order valence-electron chi connectivity index (χ1n) is 2.35. The summed E-state index contributed by atoms with van der Waals surface area (Å²) >= 11 is 0. The second-order valence-electron chi connectivity index (χ2n) is 1.31. The fourth-order valence-corrected chi connectivity index (χ4v) is 0.302. The summed E-state index contributed by atoms with van der Waals surface area (Å²) in [6.45, 7) is 4.78. The van der Waals surface area contributed by atoms with E-state index in [4.69, 9.17) is 0 Å². The topological polar surface area (TPSA) is 12.0 Å². The van der Waals surface area contributed by atoms with Crippen LogP contribution in [0.5, 0.6) is 0 Å². The summed E-state index contributed by atoms with van der Waals surface area (Å²) in [5.41, 5.74) is 0. The molecule has 0 heterocycles. The molecule has 0 fully saturated rings. The summed E-state index contributed by atoms with van der Waals surface area (Å²) in [6, 6.07) is 0. The van der Waals surface area contributed by atoms with Crippen molar-refractivity contribution in [1.29, 1.82) is 0 Å². The molecule has 1 N–H and O–H groups in total. The van der Waals surface area contributed by atoms with Crippen molar-refractivity contribution in [3.05, 3.63) is 6.92 Å². The molecule has 0 aromatic heterocycles. The van der Waals surface area contributed by atoms with Gasteiger partial charge >= 0.3 is 18.9 Å². The van der Waals surface area contributed by atoms with Crippen molar-refractivity contribution in [2.75, 3.05) is 13.6 Å². The standard InChI is InChI=1S/C5H12N.Li.H/c1-3-4-5-6-2;;/h6H,1,3-5H2,2H3;;. The van der Waals surface area contributed by atoms with Gasteiger partial charge in [0, 0.05) is 0 Å². The van der Waals surface area contributed by atoms with Gasteiger partial charge in [-0.05, 0) is 20.0 Å². The fraction of sp³-hybridized carbons (Fsp3) is 0.800. The van der Waals surface area contributed by atoms with Gasteiger partial charge in [-0.3, -0.25) is 0 Å². The summed E-state index contributed by atoms with van der Waals surface area (Å²) in [5.74, 6) is 0. The normalized spacial score (nSPS) is 7.71. The zero-order valence-electron chi connectivity index (χ0n) is 4.33. The van der Waals surface area contributed by atoms with Crippen molar-refractivity contribution in [3.8, 4) is 0 Å². The van der Waals surface area contributed by atoms with Crippen LogP contribution >= 0.6 is 0 Å². The Kier molecular flexibility index (Phi) is 14.7. The molecule has 7 heavy (non-hydrogen) atoms. The average Bonchev–Trinajstić information content (AvgIpc) is 1.61. The van der Waals surface area contributed by atoms with Gasteiger partial charge in [0.25, 0.3) is 0 Å². The summed E-state index contributed by atoms with van der Waals surface area (Å²) in [4.78, 5) is 0. The van der Waals surface area contributed by atoms with Crippen LogP contribution in [0.25, 0.3) is 0 Å². The molecule has 39 valence electrons. The molecule has 1 radical (unpaired) electrons. The fourth-order valence-electron chi connectivity index (χ4n) is 0.302. The SMILES string of the molecule is [CH2]CCCNC.[LiH]. The van der Waals surface area contributed by atoms with Crippen molar-refractivity contribution in [1.82, 2.24) is 5.32 Å². The first-order valence-corrected chi connectivity index (χ1v) is 2.35. The van der Waals surface area contributed by atoms with Gasteiger partial charge in [-0.25, -0.2) is 0 Å². The molecule has 0 aliphatic rings. The summed E-state index contributed by atoms with van der Waals surface area (Å²) in [6.07, 6.45) is 2.23. The zero-order valence-corrected chi connectivity index (χ0v) is 4.33. The van der Waals surface area contributed by atoms with E-state index in [0.717, 1.165) is 13.0 Å². The molecule has 0 unspecified atom stereocenters. The van der Waals surface area contributed by atoms with Crippen molar-refractivity contribution in [3.63, 3.8) is 0 Å². The van der Waals surface area contributed by atoms with Crippen molar-refractivity contribution in [2.24, 2.45) is 0 Å². The Balaban J connectivity index is 0. The van der Waals surface area contributed by atoms with Crippen molar-refractivity contribution >= 4 is 18.9 Å². The molecular weight excluding hydrogens is 81.0 g/mol. The summed E-state index contributed by atoms with van der Waals surface area (Å²) in [7, 11) is 1.95. The van der Waals surface area contributed by atoms with Crippen molar-refractivity contribution < 1.29 is 0 Å². The molecule has 0 bridgehead atoms. The van der Waals surface area contributed by atoms with E-state index >= 15 is 0 Å². The number of unbranched alkanes of at least 4 members (excludes halogenated alkanes) is 1. The minimum absolute atomic E-state index is 0. The van der Waals surface area contributed by atoms with Crippen LogP contribution < -0.4 is 5.32 Å². The van der Waals surface area contributed by atoms with Crippen LogP contribution in [0, 0.1) is 6.92 Å². The van der Waals surface area contributed by atoms with E-state index < -0.39 is 0 Å². The zero-order chi connectivity index (χ0) is 4.83. The molecule has 0 spiro atoms. The van der Waals surface area contributed by atoms with Gasteiger partial charge in [0.05, 0.1) is 0 Å². The Morgan fingerprint density at radius 2 is 2.14 bits per heavy atom. The Bertz CT molecular complexity index is 20.0. The van der Waals surface area contributed by atoms with Gasteiger partial charge < -0.3 is 5.32 Å². The van der Waals surface area contributed by atoms with Gasteiger partial charge in [-0.2, -0.15) is 0 Å². The van der Waals surface area contributed by atoms with E-state index in [2.05, 4.69) is 12.2 Å². The number of hydrogen-bond donors (Lipinski definition) is 1. The van der Waals surface area contributed by atoms with Crippen LogP contribution in [0.4, 0.5) is 0 Å². The quantitative estimate of drug-likeness (QED) is 0.388. The summed E-state index contributed by atoms with van der Waals surface area (Å²) in [5, 5.41) is 3.03. The molecular formula is C5H13LiN. The maximum absolute atomic E-state index is 3.68. The Hall–Kier alpha value is 0.557. The second kappa shape index (κ2) is 9.75. The third kappa shape index (κ3) is 10.8. The Morgan fingerprint density at radius 1 is 1.57 bits per heavy atom. The number of nitrogens with one attached hydrogen (secondary N) is 1. The van der Waals surface area contributed by atoms with E-state index in [0.29, 0.717) is 0 Å². The van der Waals surface area contributed by atoms with Crippen LogP contribution in [0.3, 0.4) is 0 Å². The van der Waals surface area contributed by atoms with E-state index in [1.165, 1.54) is 6.42 Å². The maximum atomic E-state index is 3.68. The molecule has 0 aliphatic carbocycles. The van der Waals surface area contributed by atoms with Crippen LogP contribution in [-0.4, -0.2) is 32.5 Å². The average molecular weight is 94.1 g/mol. The van der Waals surface area contributed by atoms with Crippen LogP contribution in [0.15, 0.2) is 0 Å². The van der Waals surface area contributed by atoms with E-state index in [1.54, 1.807) is 0 Å². The van der Waals surface area contributed by atoms with Crippen LogP contribution in [0.2, 0.25) is 0 Å². The predicted molar refractivity (Wildman–Crippen MR) is 35.7 cm³/mol. The van der Waals surface area contributed by atoms with Gasteiger partial charge in [-0.1, -0.05) is 13.3 Å². The third-order valence-corrected chi connectivity index (χ3v) is 0.677. The monoisotopic (exact) mass is 94.1 g/mol. The molecule has 2 heteroatoms. The minimum atomic E-state index is 0. The first-order chi connectivity index (χ1) is 2.91. The number of rotatable bonds is 3. The van der Waals surface area contributed by atoms with E-state index in [9.17, 15) is 0 Å². The second-order valence-corrected chi connectivity index (χ2v) is 1.31. The van der Waals surface area contributed by atoms with Crippen LogP contribution in [0.1, 0.15) is 12.8 Å². The molecule has 0 amide bonds. The molecule has 1 nitrogen and oxygen atoms in total. The molecule has 0 aromatic carbocycles. The van der Waals surface area contributed by atoms with Gasteiger partial charge in [0.2, 0.25) is 0 Å². The first kappa shape index (κ1) is 10.5. The molecule has 0 atom stereocenters. The van der Waals surface area contributed by atoms with Crippen LogP contribution in [-0.2, 0) is 0 Å². The Labute approximate surface area is 58.0 Å². The molecule has 0 aliphatic heterocycles. The van der Waals surface area contributed by atoms with Gasteiger partial charge in [0.15, 0.2) is 0 Å². The van der Waals surface area contributed by atoms with Gasteiger partial charge in [0.1, 0.15) is 0 Å². The third-order valence-electron chi connectivity index (χ3n) is 0.677. The van der Waals surface area contributed by atoms with Gasteiger partial charge in [-0.15, -0.1) is 0 Å². The van der Waals surface area contributed by atoms with E-state index in [-0.39, 0.29) is 18.9 Å². The molecule has 0 aromatic rings.